The fraction of sp³-hybridized carbons (Fsp3) is 0.200. The first-order valence-electron chi connectivity index (χ1n) is 6.29. The van der Waals surface area contributed by atoms with E-state index in [2.05, 4.69) is 10.3 Å². The van der Waals surface area contributed by atoms with E-state index in [4.69, 9.17) is 23.2 Å². The predicted octanol–water partition coefficient (Wildman–Crippen LogP) is 3.37. The number of nitrogens with one attached hydrogen (secondary N) is 1. The molecule has 1 heterocycles. The molecule has 1 aromatic heterocycles. The van der Waals surface area contributed by atoms with Crippen LogP contribution in [-0.2, 0) is 6.42 Å². The monoisotopic (exact) mass is 306 g/mol. The van der Waals surface area contributed by atoms with E-state index in [0.717, 1.165) is 12.0 Å². The number of alkyl halides is 1. The van der Waals surface area contributed by atoms with E-state index in [9.17, 15) is 4.79 Å². The second kappa shape index (κ2) is 5.43. The molecular formula is C15H12Cl2N2O. The molecule has 2 atom stereocenters. The van der Waals surface area contributed by atoms with Crippen molar-refractivity contribution in [3.63, 3.8) is 0 Å². The second-order valence-corrected chi connectivity index (χ2v) is 5.69. The van der Waals surface area contributed by atoms with E-state index in [0.29, 0.717) is 10.6 Å². The van der Waals surface area contributed by atoms with Crippen molar-refractivity contribution in [2.75, 3.05) is 0 Å². The number of hydrogen-bond donors (Lipinski definition) is 1. The van der Waals surface area contributed by atoms with Gasteiger partial charge in [-0.25, -0.2) is 0 Å². The van der Waals surface area contributed by atoms with Crippen molar-refractivity contribution in [1.29, 1.82) is 0 Å². The minimum Gasteiger partial charge on any atom is -0.344 e. The summed E-state index contributed by atoms with van der Waals surface area (Å²) in [6.45, 7) is 0. The standard InChI is InChI=1S/C15H12Cl2N2O/c16-12-7-9-3-1-2-4-10(9)14(12)19-15(20)11-5-6-18-8-13(11)17/h1-6,8,12,14H,7H2,(H,19,20). The van der Waals surface area contributed by atoms with Crippen LogP contribution in [0.3, 0.4) is 0 Å². The maximum Gasteiger partial charge on any atom is 0.253 e. The number of rotatable bonds is 2. The Balaban J connectivity index is 1.85. The van der Waals surface area contributed by atoms with Gasteiger partial charge < -0.3 is 5.32 Å². The van der Waals surface area contributed by atoms with Crippen LogP contribution in [0.1, 0.15) is 27.5 Å². The number of carbonyl (C=O) groups excluding carboxylic acids is 1. The lowest BCUT2D eigenvalue weighted by molar-refractivity contribution is 0.0937. The quantitative estimate of drug-likeness (QED) is 0.864. The van der Waals surface area contributed by atoms with Crippen molar-refractivity contribution in [1.82, 2.24) is 10.3 Å². The van der Waals surface area contributed by atoms with Crippen molar-refractivity contribution in [2.24, 2.45) is 0 Å². The maximum atomic E-state index is 12.3. The van der Waals surface area contributed by atoms with Crippen LogP contribution in [0.5, 0.6) is 0 Å². The van der Waals surface area contributed by atoms with Gasteiger partial charge in [0.25, 0.3) is 5.91 Å². The number of nitrogens with zero attached hydrogens (tertiary/aromatic N) is 1. The molecule has 1 amide bonds. The Bertz CT molecular complexity index is 660. The minimum absolute atomic E-state index is 0.142. The first kappa shape index (κ1) is 13.4. The van der Waals surface area contributed by atoms with E-state index in [1.165, 1.54) is 11.8 Å². The largest absolute Gasteiger partial charge is 0.344 e. The van der Waals surface area contributed by atoms with Crippen molar-refractivity contribution in [3.8, 4) is 0 Å². The van der Waals surface area contributed by atoms with Crippen LogP contribution in [0.25, 0.3) is 0 Å². The van der Waals surface area contributed by atoms with Crippen LogP contribution >= 0.6 is 23.2 Å². The molecule has 2 aromatic rings. The second-order valence-electron chi connectivity index (χ2n) is 4.73. The predicted molar refractivity (Wildman–Crippen MR) is 79.2 cm³/mol. The van der Waals surface area contributed by atoms with Crippen LogP contribution in [0.15, 0.2) is 42.7 Å². The molecule has 102 valence electrons. The number of amides is 1. The minimum atomic E-state index is -0.232. The summed E-state index contributed by atoms with van der Waals surface area (Å²) in [5.41, 5.74) is 2.67. The average molecular weight is 307 g/mol. The molecule has 3 nitrogen and oxygen atoms in total. The van der Waals surface area contributed by atoms with Crippen LogP contribution in [-0.4, -0.2) is 16.3 Å². The van der Waals surface area contributed by atoms with Gasteiger partial charge in [0.2, 0.25) is 0 Å². The Morgan fingerprint density at radius 1 is 1.30 bits per heavy atom. The van der Waals surface area contributed by atoms with Crippen molar-refractivity contribution >= 4 is 29.1 Å². The third kappa shape index (κ3) is 2.39. The van der Waals surface area contributed by atoms with Gasteiger partial charge >= 0.3 is 0 Å². The molecule has 1 aromatic carbocycles. The zero-order chi connectivity index (χ0) is 14.1. The third-order valence-electron chi connectivity index (χ3n) is 3.47. The van der Waals surface area contributed by atoms with Gasteiger partial charge in [-0.3, -0.25) is 9.78 Å². The van der Waals surface area contributed by atoms with E-state index in [1.807, 2.05) is 24.3 Å². The lowest BCUT2D eigenvalue weighted by Gasteiger charge is -2.17. The Kier molecular flexibility index (Phi) is 3.64. The van der Waals surface area contributed by atoms with Crippen LogP contribution in [0.4, 0.5) is 0 Å². The highest BCUT2D eigenvalue weighted by Crippen LogP contribution is 2.35. The molecule has 3 rings (SSSR count). The SMILES string of the molecule is O=C(NC1c2ccccc2CC1Cl)c1ccncc1Cl. The van der Waals surface area contributed by atoms with E-state index in [-0.39, 0.29) is 17.3 Å². The lowest BCUT2D eigenvalue weighted by atomic mass is 10.1. The summed E-state index contributed by atoms with van der Waals surface area (Å²) in [6, 6.07) is 9.37. The Morgan fingerprint density at radius 3 is 2.90 bits per heavy atom. The van der Waals surface area contributed by atoms with Gasteiger partial charge in [-0.1, -0.05) is 35.9 Å². The molecule has 1 aliphatic rings. The van der Waals surface area contributed by atoms with Crippen molar-refractivity contribution in [3.05, 3.63) is 64.4 Å². The molecule has 0 aliphatic heterocycles. The van der Waals surface area contributed by atoms with Crippen molar-refractivity contribution in [2.45, 2.75) is 17.8 Å². The van der Waals surface area contributed by atoms with E-state index < -0.39 is 0 Å². The average Bonchev–Trinajstić information content (AvgIpc) is 2.76. The van der Waals surface area contributed by atoms with Gasteiger partial charge in [0.15, 0.2) is 0 Å². The zero-order valence-electron chi connectivity index (χ0n) is 10.5. The molecule has 2 unspecified atom stereocenters. The van der Waals surface area contributed by atoms with E-state index in [1.54, 1.807) is 12.3 Å². The highest BCUT2D eigenvalue weighted by atomic mass is 35.5. The molecule has 1 aliphatic carbocycles. The zero-order valence-corrected chi connectivity index (χ0v) is 12.0. The highest BCUT2D eigenvalue weighted by molar-refractivity contribution is 6.33. The molecule has 0 saturated heterocycles. The third-order valence-corrected chi connectivity index (χ3v) is 4.18. The molecule has 0 spiro atoms. The van der Waals surface area contributed by atoms with Gasteiger partial charge in [-0.15, -0.1) is 11.6 Å². The smallest absolute Gasteiger partial charge is 0.253 e. The molecule has 0 saturated carbocycles. The van der Waals surface area contributed by atoms with Gasteiger partial charge in [0.1, 0.15) is 0 Å². The molecule has 0 fully saturated rings. The topological polar surface area (TPSA) is 42.0 Å². The summed E-state index contributed by atoms with van der Waals surface area (Å²) in [6.07, 6.45) is 3.76. The molecule has 5 heteroatoms. The van der Waals surface area contributed by atoms with Crippen LogP contribution < -0.4 is 5.32 Å². The number of hydrogen-bond acceptors (Lipinski definition) is 2. The molecule has 0 bridgehead atoms. The number of fused-ring (bicyclic) bond motifs is 1. The summed E-state index contributed by atoms with van der Waals surface area (Å²) in [5, 5.41) is 3.15. The van der Waals surface area contributed by atoms with Gasteiger partial charge in [0.05, 0.1) is 22.0 Å². The molecule has 1 N–H and O–H groups in total. The van der Waals surface area contributed by atoms with Gasteiger partial charge in [-0.05, 0) is 23.6 Å². The highest BCUT2D eigenvalue weighted by Gasteiger charge is 2.32. The fourth-order valence-corrected chi connectivity index (χ4v) is 3.06. The number of benzene rings is 1. The first-order chi connectivity index (χ1) is 9.66. The Hall–Kier alpha value is -1.58. The fourth-order valence-electron chi connectivity index (χ4n) is 2.49. The van der Waals surface area contributed by atoms with Gasteiger partial charge in [0, 0.05) is 12.4 Å². The first-order valence-corrected chi connectivity index (χ1v) is 7.10. The number of carbonyl (C=O) groups is 1. The van der Waals surface area contributed by atoms with Gasteiger partial charge in [-0.2, -0.15) is 0 Å². The molecular weight excluding hydrogens is 295 g/mol. The summed E-state index contributed by atoms with van der Waals surface area (Å²) in [7, 11) is 0. The maximum absolute atomic E-state index is 12.3. The summed E-state index contributed by atoms with van der Waals surface area (Å²) < 4.78 is 0. The molecule has 20 heavy (non-hydrogen) atoms. The Morgan fingerprint density at radius 2 is 2.10 bits per heavy atom. The summed E-state index contributed by atoms with van der Waals surface area (Å²) in [4.78, 5) is 16.2. The number of halogens is 2. The summed E-state index contributed by atoms with van der Waals surface area (Å²) in [5.74, 6) is -0.232. The van der Waals surface area contributed by atoms with E-state index >= 15 is 0 Å². The molecule has 0 radical (unpaired) electrons. The Labute approximate surface area is 126 Å². The van der Waals surface area contributed by atoms with Crippen LogP contribution in [0, 0.1) is 0 Å². The number of aromatic nitrogens is 1. The lowest BCUT2D eigenvalue weighted by Crippen LogP contribution is -2.32. The normalized spacial score (nSPS) is 20.5. The van der Waals surface area contributed by atoms with Crippen LogP contribution in [0.2, 0.25) is 5.02 Å². The van der Waals surface area contributed by atoms with Crippen molar-refractivity contribution < 1.29 is 4.79 Å². The number of pyridine rings is 1. The summed E-state index contributed by atoms with van der Waals surface area (Å²) >= 11 is 12.3.